The Morgan fingerprint density at radius 3 is 1.86 bits per heavy atom. The highest BCUT2D eigenvalue weighted by molar-refractivity contribution is 7.80. The molecule has 9 nitrogen and oxygen atoms in total. The van der Waals surface area contributed by atoms with Gasteiger partial charge in [-0.15, -0.1) is 0 Å². The summed E-state index contributed by atoms with van der Waals surface area (Å²) in [6.45, 7) is 1.47. The molecule has 0 aliphatic heterocycles. The summed E-state index contributed by atoms with van der Waals surface area (Å²) in [5.74, 6) is -3.22. The lowest BCUT2D eigenvalue weighted by atomic mass is 10.0. The largest absolute Gasteiger partial charge is 0.480 e. The number of thiol groups is 2. The highest BCUT2D eigenvalue weighted by Crippen LogP contribution is 2.05. The van der Waals surface area contributed by atoms with Gasteiger partial charge in [-0.3, -0.25) is 14.4 Å². The standard InChI is InChI=1S/C18H26N4O5S2/c1-10(19)15(23)21-13(8-28)17(25)20-12(7-11-5-3-2-4-6-11)16(24)22-14(9-29)18(26)27/h2-6,10,12-14,28-29H,7-9,19H2,1H3,(H,20,25)(H,21,23)(H,22,24)(H,26,27). The van der Waals surface area contributed by atoms with Crippen LogP contribution < -0.4 is 21.7 Å². The Morgan fingerprint density at radius 1 is 0.897 bits per heavy atom. The van der Waals surface area contributed by atoms with Crippen molar-refractivity contribution < 1.29 is 24.3 Å². The van der Waals surface area contributed by atoms with Gasteiger partial charge in [0.05, 0.1) is 6.04 Å². The van der Waals surface area contributed by atoms with Crippen LogP contribution in [-0.2, 0) is 25.6 Å². The van der Waals surface area contributed by atoms with Crippen LogP contribution in [0.25, 0.3) is 0 Å². The number of nitrogens with one attached hydrogen (secondary N) is 3. The molecule has 0 fully saturated rings. The van der Waals surface area contributed by atoms with Crippen molar-refractivity contribution in [2.45, 2.75) is 37.5 Å². The SMILES string of the molecule is CC(N)C(=O)NC(CS)C(=O)NC(Cc1ccccc1)C(=O)NC(CS)C(=O)O. The summed E-state index contributed by atoms with van der Waals surface area (Å²) >= 11 is 7.98. The molecule has 1 rings (SSSR count). The van der Waals surface area contributed by atoms with Gasteiger partial charge in [-0.05, 0) is 12.5 Å². The summed E-state index contributed by atoms with van der Waals surface area (Å²) in [5, 5.41) is 16.5. The van der Waals surface area contributed by atoms with E-state index in [0.717, 1.165) is 5.56 Å². The lowest BCUT2D eigenvalue weighted by Gasteiger charge is -2.24. The van der Waals surface area contributed by atoms with E-state index in [9.17, 15) is 19.2 Å². The van der Waals surface area contributed by atoms with E-state index < -0.39 is 47.9 Å². The van der Waals surface area contributed by atoms with Crippen molar-refractivity contribution >= 4 is 48.9 Å². The van der Waals surface area contributed by atoms with E-state index >= 15 is 0 Å². The zero-order chi connectivity index (χ0) is 22.0. The molecule has 11 heteroatoms. The van der Waals surface area contributed by atoms with Crippen LogP contribution in [0.1, 0.15) is 12.5 Å². The van der Waals surface area contributed by atoms with E-state index in [2.05, 4.69) is 41.2 Å². The molecule has 0 bridgehead atoms. The molecule has 1 aromatic rings. The molecule has 29 heavy (non-hydrogen) atoms. The average Bonchev–Trinajstić information content (AvgIpc) is 2.69. The Hall–Kier alpha value is -2.24. The number of carboxylic acids is 1. The maximum Gasteiger partial charge on any atom is 0.327 e. The highest BCUT2D eigenvalue weighted by Gasteiger charge is 2.29. The van der Waals surface area contributed by atoms with Crippen LogP contribution in [0.4, 0.5) is 0 Å². The van der Waals surface area contributed by atoms with Gasteiger partial charge in [0, 0.05) is 17.9 Å². The topological polar surface area (TPSA) is 151 Å². The Balaban J connectivity index is 2.97. The zero-order valence-corrected chi connectivity index (χ0v) is 17.7. The lowest BCUT2D eigenvalue weighted by molar-refractivity contribution is -0.141. The van der Waals surface area contributed by atoms with E-state index in [1.54, 1.807) is 30.3 Å². The Bertz CT molecular complexity index is 717. The normalized spacial score (nSPS) is 14.8. The number of rotatable bonds is 11. The molecular weight excluding hydrogens is 416 g/mol. The maximum absolute atomic E-state index is 12.6. The molecule has 0 spiro atoms. The molecule has 4 atom stereocenters. The number of hydrogen-bond acceptors (Lipinski definition) is 7. The van der Waals surface area contributed by atoms with Crippen molar-refractivity contribution in [2.75, 3.05) is 11.5 Å². The van der Waals surface area contributed by atoms with Crippen molar-refractivity contribution in [3.05, 3.63) is 35.9 Å². The van der Waals surface area contributed by atoms with Gasteiger partial charge in [0.25, 0.3) is 0 Å². The third kappa shape index (κ3) is 8.34. The summed E-state index contributed by atoms with van der Waals surface area (Å²) in [4.78, 5) is 48.2. The highest BCUT2D eigenvalue weighted by atomic mass is 32.1. The smallest absolute Gasteiger partial charge is 0.327 e. The minimum Gasteiger partial charge on any atom is -0.480 e. The Labute approximate surface area is 180 Å². The van der Waals surface area contributed by atoms with E-state index in [-0.39, 0.29) is 17.9 Å². The van der Waals surface area contributed by atoms with Gasteiger partial charge in [-0.2, -0.15) is 25.3 Å². The van der Waals surface area contributed by atoms with Gasteiger partial charge < -0.3 is 26.8 Å². The van der Waals surface area contributed by atoms with Gasteiger partial charge in [0.1, 0.15) is 18.1 Å². The predicted molar refractivity (Wildman–Crippen MR) is 115 cm³/mol. The number of nitrogens with two attached hydrogens (primary N) is 1. The molecule has 0 aliphatic rings. The molecule has 3 amide bonds. The third-order valence-electron chi connectivity index (χ3n) is 3.94. The first-order valence-corrected chi connectivity index (χ1v) is 10.1. The second-order valence-corrected chi connectivity index (χ2v) is 7.10. The first-order valence-electron chi connectivity index (χ1n) is 8.84. The van der Waals surface area contributed by atoms with Gasteiger partial charge >= 0.3 is 5.97 Å². The third-order valence-corrected chi connectivity index (χ3v) is 4.67. The Kier molecular flexibility index (Phi) is 10.6. The van der Waals surface area contributed by atoms with Gasteiger partial charge in [0.2, 0.25) is 17.7 Å². The van der Waals surface area contributed by atoms with Crippen molar-refractivity contribution in [2.24, 2.45) is 5.73 Å². The fourth-order valence-electron chi connectivity index (χ4n) is 2.29. The quantitative estimate of drug-likeness (QED) is 0.218. The molecule has 0 aromatic heterocycles. The first-order chi connectivity index (χ1) is 13.7. The lowest BCUT2D eigenvalue weighted by Crippen LogP contribution is -2.58. The number of aliphatic carboxylic acids is 1. The van der Waals surface area contributed by atoms with Crippen LogP contribution in [0.15, 0.2) is 30.3 Å². The Morgan fingerprint density at radius 2 is 1.38 bits per heavy atom. The van der Waals surface area contributed by atoms with E-state index in [1.165, 1.54) is 6.92 Å². The van der Waals surface area contributed by atoms with Crippen LogP contribution in [0.3, 0.4) is 0 Å². The summed E-state index contributed by atoms with van der Waals surface area (Å²) in [6.07, 6.45) is 0.123. The zero-order valence-electron chi connectivity index (χ0n) is 15.9. The summed E-state index contributed by atoms with van der Waals surface area (Å²) < 4.78 is 0. The van der Waals surface area contributed by atoms with Crippen LogP contribution in [0.2, 0.25) is 0 Å². The van der Waals surface area contributed by atoms with Gasteiger partial charge in [-0.25, -0.2) is 4.79 Å². The van der Waals surface area contributed by atoms with Gasteiger partial charge in [0.15, 0.2) is 0 Å². The van der Waals surface area contributed by atoms with E-state index in [1.807, 2.05) is 0 Å². The van der Waals surface area contributed by atoms with E-state index in [4.69, 9.17) is 10.8 Å². The molecule has 1 aromatic carbocycles. The van der Waals surface area contributed by atoms with Crippen molar-refractivity contribution in [1.29, 1.82) is 0 Å². The molecule has 160 valence electrons. The first kappa shape index (κ1) is 24.8. The maximum atomic E-state index is 12.6. The summed E-state index contributed by atoms with van der Waals surface area (Å²) in [6, 6.07) is 4.79. The number of amides is 3. The number of carboxylic acid groups (broad SMARTS) is 1. The van der Waals surface area contributed by atoms with Crippen LogP contribution in [0, 0.1) is 0 Å². The number of benzene rings is 1. The van der Waals surface area contributed by atoms with Crippen LogP contribution in [0.5, 0.6) is 0 Å². The molecule has 0 heterocycles. The van der Waals surface area contributed by atoms with Crippen LogP contribution >= 0.6 is 25.3 Å². The van der Waals surface area contributed by atoms with E-state index in [0.29, 0.717) is 0 Å². The molecule has 0 saturated carbocycles. The van der Waals surface area contributed by atoms with Crippen LogP contribution in [-0.4, -0.2) is 64.5 Å². The van der Waals surface area contributed by atoms with Crippen molar-refractivity contribution in [3.63, 3.8) is 0 Å². The summed E-state index contributed by atoms with van der Waals surface area (Å²) in [5.41, 5.74) is 6.25. The predicted octanol–water partition coefficient (Wildman–Crippen LogP) is -1.03. The molecule has 0 radical (unpaired) electrons. The molecule has 0 saturated heterocycles. The summed E-state index contributed by atoms with van der Waals surface area (Å²) in [7, 11) is 0. The fourth-order valence-corrected chi connectivity index (χ4v) is 2.79. The molecule has 4 unspecified atom stereocenters. The molecule has 6 N–H and O–H groups in total. The molecular formula is C18H26N4O5S2. The number of hydrogen-bond donors (Lipinski definition) is 7. The van der Waals surface area contributed by atoms with Crippen molar-refractivity contribution in [1.82, 2.24) is 16.0 Å². The fraction of sp³-hybridized carbons (Fsp3) is 0.444. The number of carbonyl (C=O) groups is 4. The molecule has 0 aliphatic carbocycles. The monoisotopic (exact) mass is 442 g/mol. The average molecular weight is 443 g/mol. The minimum atomic E-state index is -1.24. The van der Waals surface area contributed by atoms with Crippen molar-refractivity contribution in [3.8, 4) is 0 Å². The second-order valence-electron chi connectivity index (χ2n) is 6.37. The second kappa shape index (κ2) is 12.3. The van der Waals surface area contributed by atoms with Gasteiger partial charge in [-0.1, -0.05) is 30.3 Å². The number of carbonyl (C=O) groups excluding carboxylic acids is 3. The minimum absolute atomic E-state index is 0.0155.